The molecule has 8 rings (SSSR count). The van der Waals surface area contributed by atoms with Crippen LogP contribution in [0.25, 0.3) is 10.8 Å². The van der Waals surface area contributed by atoms with Crippen LogP contribution in [0.3, 0.4) is 0 Å². The van der Waals surface area contributed by atoms with Crippen LogP contribution in [-0.4, -0.2) is 212 Å². The van der Waals surface area contributed by atoms with Crippen molar-refractivity contribution < 1.29 is 72.2 Å². The lowest BCUT2D eigenvalue weighted by Gasteiger charge is -2.36. The Labute approximate surface area is 722 Å². The molecule has 3 aromatic carbocycles. The largest absolute Gasteiger partial charge is 0.394 e. The van der Waals surface area contributed by atoms with Crippen LogP contribution < -0.4 is 74.9 Å². The summed E-state index contributed by atoms with van der Waals surface area (Å²) < 4.78 is 0. The van der Waals surface area contributed by atoms with E-state index in [-0.39, 0.29) is 120 Å². The molecule has 0 spiro atoms. The van der Waals surface area contributed by atoms with Crippen LogP contribution in [-0.2, 0) is 76.8 Å². The number of nitrogens with two attached hydrogens (primary N) is 1. The van der Waals surface area contributed by atoms with Crippen molar-refractivity contribution in [3.8, 4) is 0 Å². The fraction of sp³-hybridized carbons (Fsp3) is 0.494. The predicted molar refractivity (Wildman–Crippen MR) is 462 cm³/mol. The molecule has 2 aliphatic rings. The molecule has 1 aliphatic carbocycles. The average molecular weight is 1720 g/mol. The normalized spacial score (nSPS) is 15.8. The minimum absolute atomic E-state index is 0.0129. The average Bonchev–Trinajstić information content (AvgIpc) is 1.78. The van der Waals surface area contributed by atoms with Crippen LogP contribution in [0.1, 0.15) is 188 Å². The Bertz CT molecular complexity index is 4550. The van der Waals surface area contributed by atoms with Crippen molar-refractivity contribution in [1.82, 2.24) is 89.0 Å². The van der Waals surface area contributed by atoms with Crippen molar-refractivity contribution in [3.05, 3.63) is 173 Å². The summed E-state index contributed by atoms with van der Waals surface area (Å²) in [4.78, 5) is 214. The highest BCUT2D eigenvalue weighted by atomic mass is 35.5. The summed E-state index contributed by atoms with van der Waals surface area (Å²) in [5.41, 5.74) is 6.14. The van der Waals surface area contributed by atoms with Gasteiger partial charge in [0, 0.05) is 81.7 Å². The monoisotopic (exact) mass is 1710 g/mol. The third-order valence-electron chi connectivity index (χ3n) is 21.6. The number of rotatable bonds is 48. The number of unbranched alkanes of at least 4 members (excludes halogenated alkanes) is 3. The number of likely N-dealkylation sites (tertiary alicyclic amines) is 1. The number of benzene rings is 3. The summed E-state index contributed by atoms with van der Waals surface area (Å²) in [5.74, 6) is -10.5. The lowest BCUT2D eigenvalue weighted by Crippen LogP contribution is -2.61. The number of carbonyl (C=O) groups is 14. The lowest BCUT2D eigenvalue weighted by atomic mass is 9.80. The molecule has 10 atom stereocenters. The highest BCUT2D eigenvalue weighted by Crippen LogP contribution is 2.30. The number of aliphatic hydroxyl groups is 1. The fourth-order valence-corrected chi connectivity index (χ4v) is 15.0. The second-order valence-corrected chi connectivity index (χ2v) is 32.7. The van der Waals surface area contributed by atoms with Crippen molar-refractivity contribution in [2.45, 2.75) is 242 Å². The van der Waals surface area contributed by atoms with Crippen molar-refractivity contribution >= 4 is 105 Å². The molecule has 1 saturated heterocycles. The van der Waals surface area contributed by atoms with Gasteiger partial charge in [-0.3, -0.25) is 82.1 Å². The molecule has 0 bridgehead atoms. The molecule has 4 heterocycles. The summed E-state index contributed by atoms with van der Waals surface area (Å²) in [5, 5.41) is 50.1. The van der Waals surface area contributed by atoms with E-state index in [1.807, 2.05) is 70.2 Å². The number of amides is 14. The topological polar surface area (TPSA) is 484 Å². The van der Waals surface area contributed by atoms with Crippen molar-refractivity contribution in [3.63, 3.8) is 0 Å². The van der Waals surface area contributed by atoms with Crippen LogP contribution in [0.5, 0.6) is 0 Å². The molecular weight excluding hydrogens is 1600 g/mol. The Morgan fingerprint density at radius 1 is 0.496 bits per heavy atom. The number of hydrogen-bond acceptors (Lipinski definition) is 19. The van der Waals surface area contributed by atoms with Gasteiger partial charge in [0.25, 0.3) is 11.8 Å². The van der Waals surface area contributed by atoms with Gasteiger partial charge in [-0.15, -0.1) is 0 Å². The third-order valence-corrected chi connectivity index (χ3v) is 21.8. The van der Waals surface area contributed by atoms with Gasteiger partial charge in [0.1, 0.15) is 77.3 Å². The molecule has 123 heavy (non-hydrogen) atoms. The van der Waals surface area contributed by atoms with Crippen molar-refractivity contribution in [1.29, 1.82) is 0 Å². The molecule has 16 N–H and O–H groups in total. The molecular formula is C89H119ClN18O15. The van der Waals surface area contributed by atoms with Gasteiger partial charge >= 0.3 is 0 Å². The SMILES string of the molecule is CC(=O)N[C@H](Cc1ccc2ccccc2c1)C(=O)N[C@H](Cc1ccc(Cl)cc1)C(=O)N[C@H](Cc1cccnc1)C(=O)N[C@@H](CO)C(=O)N[C@@H](CCCCNC(=O)C1(NC(=O)c2ccccn2)CCCCC1)C(=O)N[C@H](CCCCNC(=O)c1ccccn1)C(=O)N[C@@H](CC(C)C)C(=O)N[C@@H](CCCCNC(C)C)C(=O)N1CCC[C@H]1C(=O)N[C@H](C)C(N)=O. The number of halogens is 1. The maximum Gasteiger partial charge on any atom is 0.270 e. The van der Waals surface area contributed by atoms with E-state index in [0.29, 0.717) is 73.2 Å². The maximum atomic E-state index is 15.4. The van der Waals surface area contributed by atoms with Gasteiger partial charge in [-0.05, 0) is 179 Å². The zero-order chi connectivity index (χ0) is 89.0. The Balaban J connectivity index is 1.07. The van der Waals surface area contributed by atoms with Gasteiger partial charge < -0.3 is 84.9 Å². The van der Waals surface area contributed by atoms with E-state index in [4.69, 9.17) is 17.3 Å². The number of aliphatic hydroxyl groups excluding tert-OH is 1. The summed E-state index contributed by atoms with van der Waals surface area (Å²) in [6, 6.07) is 19.0. The van der Waals surface area contributed by atoms with Gasteiger partial charge in [-0.2, -0.15) is 0 Å². The number of nitrogens with zero attached hydrogens (tertiary/aromatic N) is 4. The molecule has 3 aromatic heterocycles. The fourth-order valence-electron chi connectivity index (χ4n) is 14.9. The van der Waals surface area contributed by atoms with Crippen LogP contribution >= 0.6 is 11.6 Å². The molecule has 34 heteroatoms. The summed E-state index contributed by atoms with van der Waals surface area (Å²) in [6.07, 6.45) is 10.5. The first-order chi connectivity index (χ1) is 59.0. The van der Waals surface area contributed by atoms with E-state index in [0.717, 1.165) is 17.2 Å². The molecule has 14 amide bonds. The number of carbonyl (C=O) groups excluding carboxylic acids is 14. The highest BCUT2D eigenvalue weighted by molar-refractivity contribution is 6.30. The molecule has 662 valence electrons. The van der Waals surface area contributed by atoms with E-state index < -0.39 is 155 Å². The first-order valence-corrected chi connectivity index (χ1v) is 42.8. The summed E-state index contributed by atoms with van der Waals surface area (Å²) in [6.45, 7) is 10.0. The minimum atomic E-state index is -1.87. The minimum Gasteiger partial charge on any atom is -0.394 e. The summed E-state index contributed by atoms with van der Waals surface area (Å²) >= 11 is 6.29. The number of aromatic nitrogens is 3. The smallest absolute Gasteiger partial charge is 0.270 e. The number of nitrogens with one attached hydrogen (secondary N) is 13. The first kappa shape index (κ1) is 96.6. The molecule has 0 unspecified atom stereocenters. The maximum absolute atomic E-state index is 15.4. The molecule has 33 nitrogen and oxygen atoms in total. The molecule has 6 aromatic rings. The number of hydrogen-bond donors (Lipinski definition) is 15. The van der Waals surface area contributed by atoms with E-state index in [2.05, 4.69) is 84.1 Å². The van der Waals surface area contributed by atoms with Gasteiger partial charge in [0.2, 0.25) is 70.9 Å². The lowest BCUT2D eigenvalue weighted by molar-refractivity contribution is -0.142. The van der Waals surface area contributed by atoms with E-state index in [9.17, 15) is 48.3 Å². The predicted octanol–water partition coefficient (Wildman–Crippen LogP) is 3.81. The number of primary amides is 1. The number of pyridine rings is 3. The van der Waals surface area contributed by atoms with E-state index in [1.165, 1.54) is 55.7 Å². The Morgan fingerprint density at radius 2 is 1.00 bits per heavy atom. The highest BCUT2D eigenvalue weighted by Gasteiger charge is 2.43. The second-order valence-electron chi connectivity index (χ2n) is 32.2. The van der Waals surface area contributed by atoms with Crippen LogP contribution in [0, 0.1) is 5.92 Å². The second kappa shape index (κ2) is 49.3. The van der Waals surface area contributed by atoms with Gasteiger partial charge in [0.05, 0.1) is 6.61 Å². The Hall–Kier alpha value is -11.8. The van der Waals surface area contributed by atoms with Gasteiger partial charge in [-0.1, -0.05) is 131 Å². The first-order valence-electron chi connectivity index (χ1n) is 42.5. The molecule has 1 saturated carbocycles. The quantitative estimate of drug-likeness (QED) is 0.0241. The van der Waals surface area contributed by atoms with Crippen LogP contribution in [0.2, 0.25) is 5.02 Å². The Kier molecular flexibility index (Phi) is 38.7. The van der Waals surface area contributed by atoms with E-state index in [1.54, 1.807) is 60.7 Å². The van der Waals surface area contributed by atoms with Gasteiger partial charge in [-0.25, -0.2) is 0 Å². The van der Waals surface area contributed by atoms with Gasteiger partial charge in [0.15, 0.2) is 0 Å². The Morgan fingerprint density at radius 3 is 1.57 bits per heavy atom. The van der Waals surface area contributed by atoms with Crippen LogP contribution in [0.15, 0.2) is 140 Å². The van der Waals surface area contributed by atoms with Crippen LogP contribution in [0.4, 0.5) is 0 Å². The van der Waals surface area contributed by atoms with Crippen molar-refractivity contribution in [2.24, 2.45) is 11.7 Å². The standard InChI is InChI=1S/C89H119ClN18O15/c1-55(2)48-70(80(115)102-69(31-14-17-42-93-56(3)4)87(122)108-47-23-32-75(108)86(121)98-57(5)76(91)111)103-79(114)68(29-12-20-45-96-77(112)65-27-10-18-43-94-65)100-78(113)67(30-13-21-46-97-88(123)89(39-15-7-16-40-89)107-85(120)66-28-11-19-44-95-66)101-84(119)74(54-109)106-83(118)73(52-61-24-22-41-92-53-61)105-82(117)72(50-59-34-37-64(90)38-35-59)104-81(116)71(99-58(6)110)51-60-33-36-62-25-8-9-26-63(62)49-60/h8-11,18-19,22,24-28,33-38,41,43-44,49,53,55-57,67-75,93,109H,7,12-17,20-21,23,29-32,39-40,42,45-48,50-52,54H2,1-6H3,(H2,91,111)(H,96,112)(H,97,123)(H,98,121)(H,99,110)(H,100,113)(H,101,119)(H,102,115)(H,103,114)(H,104,116)(H,105,117)(H,106,118)(H,107,120)/t57-,67+,68-,69+,70+,71-,72-,73-,74+,75+/m1/s1. The molecule has 0 radical (unpaired) electrons. The number of fused-ring (bicyclic) bond motifs is 1. The van der Waals surface area contributed by atoms with Crippen molar-refractivity contribution in [2.75, 3.05) is 32.8 Å². The third kappa shape index (κ3) is 31.2. The zero-order valence-corrected chi connectivity index (χ0v) is 71.5. The zero-order valence-electron chi connectivity index (χ0n) is 70.8. The summed E-state index contributed by atoms with van der Waals surface area (Å²) in [7, 11) is 0. The molecule has 2 fully saturated rings. The van der Waals surface area contributed by atoms with E-state index >= 15 is 24.0 Å². The molecule has 1 aliphatic heterocycles.